The fraction of sp³-hybridized carbons (Fsp3) is 0.182. The average molecular weight is 186 g/mol. The van der Waals surface area contributed by atoms with Crippen LogP contribution < -0.4 is 5.73 Å². The summed E-state index contributed by atoms with van der Waals surface area (Å²) in [5.74, 6) is 5.60. The smallest absolute Gasteiger partial charge is 0.101 e. The molecule has 0 spiro atoms. The van der Waals surface area contributed by atoms with Crippen LogP contribution in [0.3, 0.4) is 0 Å². The molecule has 3 heteroatoms. The lowest BCUT2D eigenvalue weighted by Gasteiger charge is -1.96. The van der Waals surface area contributed by atoms with Crippen LogP contribution in [0.4, 0.5) is 5.69 Å². The van der Waals surface area contributed by atoms with Crippen LogP contribution in [0.2, 0.25) is 0 Å². The van der Waals surface area contributed by atoms with Crippen molar-refractivity contribution in [2.24, 2.45) is 0 Å². The number of aliphatic hydroxyl groups is 1. The van der Waals surface area contributed by atoms with E-state index in [2.05, 4.69) is 11.8 Å². The Morgan fingerprint density at radius 3 is 2.86 bits per heavy atom. The van der Waals surface area contributed by atoms with Crippen molar-refractivity contribution in [1.82, 2.24) is 0 Å². The molecular weight excluding hydrogens is 176 g/mol. The molecule has 0 unspecified atom stereocenters. The zero-order valence-electron chi connectivity index (χ0n) is 7.62. The number of aliphatic hydroxyl groups excluding tert-OH is 1. The first-order valence-electron chi connectivity index (χ1n) is 4.17. The molecular formula is C11H10N2O. The monoisotopic (exact) mass is 186 g/mol. The Labute approximate surface area is 82.8 Å². The van der Waals surface area contributed by atoms with Gasteiger partial charge in [0.2, 0.25) is 0 Å². The lowest BCUT2D eigenvalue weighted by molar-refractivity contribution is 0.305. The van der Waals surface area contributed by atoms with Gasteiger partial charge >= 0.3 is 0 Å². The van der Waals surface area contributed by atoms with Gasteiger partial charge in [0.25, 0.3) is 0 Å². The van der Waals surface area contributed by atoms with Crippen molar-refractivity contribution in [2.75, 3.05) is 12.3 Å². The summed E-state index contributed by atoms with van der Waals surface area (Å²) in [7, 11) is 0. The van der Waals surface area contributed by atoms with Crippen molar-refractivity contribution in [3.8, 4) is 17.9 Å². The highest BCUT2D eigenvalue weighted by Gasteiger charge is 1.97. The van der Waals surface area contributed by atoms with Crippen molar-refractivity contribution in [1.29, 1.82) is 5.26 Å². The van der Waals surface area contributed by atoms with Gasteiger partial charge in [-0.2, -0.15) is 5.26 Å². The van der Waals surface area contributed by atoms with E-state index in [1.165, 1.54) is 0 Å². The average Bonchev–Trinajstić information content (AvgIpc) is 2.21. The second kappa shape index (κ2) is 4.91. The second-order valence-electron chi connectivity index (χ2n) is 2.69. The highest BCUT2D eigenvalue weighted by atomic mass is 16.2. The number of nitriles is 1. The van der Waals surface area contributed by atoms with Crippen LogP contribution in [0.5, 0.6) is 0 Å². The molecule has 0 amide bonds. The fourth-order valence-corrected chi connectivity index (χ4v) is 0.951. The number of nitrogen functional groups attached to an aromatic ring is 1. The maximum atomic E-state index is 8.70. The molecule has 0 bridgehead atoms. The quantitative estimate of drug-likeness (QED) is 0.505. The molecule has 0 fully saturated rings. The van der Waals surface area contributed by atoms with Gasteiger partial charge in [-0.1, -0.05) is 11.8 Å². The number of hydrogen-bond acceptors (Lipinski definition) is 3. The topological polar surface area (TPSA) is 70.0 Å². The molecule has 0 aliphatic heterocycles. The minimum atomic E-state index is 0.0487. The number of rotatable bonds is 1. The maximum absolute atomic E-state index is 8.70. The normalized spacial score (nSPS) is 8.57. The van der Waals surface area contributed by atoms with Crippen LogP contribution in [0.15, 0.2) is 18.2 Å². The number of hydrogen-bond donors (Lipinski definition) is 2. The Kier molecular flexibility index (Phi) is 3.55. The molecule has 3 N–H and O–H groups in total. The molecule has 0 aliphatic rings. The van der Waals surface area contributed by atoms with Crippen molar-refractivity contribution >= 4 is 5.69 Å². The van der Waals surface area contributed by atoms with E-state index in [0.717, 1.165) is 5.56 Å². The molecule has 1 aromatic carbocycles. The summed E-state index contributed by atoms with van der Waals surface area (Å²) in [6.45, 7) is 0.0487. The highest BCUT2D eigenvalue weighted by Crippen LogP contribution is 2.11. The minimum Gasteiger partial charge on any atom is -0.398 e. The van der Waals surface area contributed by atoms with E-state index in [-0.39, 0.29) is 6.61 Å². The Bertz CT molecular complexity index is 421. The van der Waals surface area contributed by atoms with Gasteiger partial charge in [0.1, 0.15) is 6.07 Å². The number of anilines is 1. The van der Waals surface area contributed by atoms with E-state index in [4.69, 9.17) is 16.1 Å². The van der Waals surface area contributed by atoms with Crippen LogP contribution in [-0.4, -0.2) is 11.7 Å². The van der Waals surface area contributed by atoms with E-state index >= 15 is 0 Å². The summed E-state index contributed by atoms with van der Waals surface area (Å²) in [5.41, 5.74) is 7.17. The predicted molar refractivity (Wildman–Crippen MR) is 54.2 cm³/mol. The molecule has 0 saturated heterocycles. The summed E-state index contributed by atoms with van der Waals surface area (Å²) in [4.78, 5) is 0. The van der Waals surface area contributed by atoms with Gasteiger partial charge < -0.3 is 10.8 Å². The van der Waals surface area contributed by atoms with Crippen LogP contribution in [-0.2, 0) is 0 Å². The third-order valence-corrected chi connectivity index (χ3v) is 1.64. The van der Waals surface area contributed by atoms with E-state index in [1.807, 2.05) is 6.07 Å². The summed E-state index contributed by atoms with van der Waals surface area (Å²) < 4.78 is 0. The number of benzene rings is 1. The molecule has 0 saturated carbocycles. The largest absolute Gasteiger partial charge is 0.398 e. The number of nitrogens with two attached hydrogens (primary N) is 1. The van der Waals surface area contributed by atoms with Crippen molar-refractivity contribution in [3.63, 3.8) is 0 Å². The molecule has 1 rings (SSSR count). The minimum absolute atomic E-state index is 0.0487. The summed E-state index contributed by atoms with van der Waals surface area (Å²) in [6, 6.07) is 7.03. The number of nitrogens with zero attached hydrogens (tertiary/aromatic N) is 1. The molecule has 14 heavy (non-hydrogen) atoms. The molecule has 0 aliphatic carbocycles. The predicted octanol–water partition coefficient (Wildman–Crippen LogP) is 0.874. The van der Waals surface area contributed by atoms with Crippen molar-refractivity contribution < 1.29 is 5.11 Å². The lowest BCUT2D eigenvalue weighted by atomic mass is 10.1. The van der Waals surface area contributed by atoms with Gasteiger partial charge in [-0.3, -0.25) is 0 Å². The maximum Gasteiger partial charge on any atom is 0.101 e. The van der Waals surface area contributed by atoms with Gasteiger partial charge in [0, 0.05) is 17.7 Å². The highest BCUT2D eigenvalue weighted by molar-refractivity contribution is 5.57. The summed E-state index contributed by atoms with van der Waals surface area (Å²) in [5, 5.41) is 17.2. The standard InChI is InChI=1S/C11H10N2O/c12-8-10-7-9(3-1-2-6-14)4-5-11(10)13/h4-5,7,14H,2,6,13H2. The van der Waals surface area contributed by atoms with Crippen molar-refractivity contribution in [3.05, 3.63) is 29.3 Å². The third-order valence-electron chi connectivity index (χ3n) is 1.64. The van der Waals surface area contributed by atoms with Gasteiger partial charge in [-0.05, 0) is 18.2 Å². The first kappa shape index (κ1) is 10.1. The van der Waals surface area contributed by atoms with Crippen molar-refractivity contribution in [2.45, 2.75) is 6.42 Å². The van der Waals surface area contributed by atoms with E-state index in [9.17, 15) is 0 Å². The van der Waals surface area contributed by atoms with Gasteiger partial charge in [-0.25, -0.2) is 0 Å². The van der Waals surface area contributed by atoms with E-state index < -0.39 is 0 Å². The molecule has 0 heterocycles. The Hall–Kier alpha value is -1.97. The third kappa shape index (κ3) is 2.52. The zero-order valence-corrected chi connectivity index (χ0v) is 7.62. The molecule has 0 aromatic heterocycles. The fourth-order valence-electron chi connectivity index (χ4n) is 0.951. The SMILES string of the molecule is N#Cc1cc(C#CCCO)ccc1N. The van der Waals surface area contributed by atoms with Crippen LogP contribution in [0.1, 0.15) is 17.5 Å². The first-order chi connectivity index (χ1) is 6.77. The van der Waals surface area contributed by atoms with Gasteiger partial charge in [-0.15, -0.1) is 0 Å². The summed E-state index contributed by atoms with van der Waals surface area (Å²) >= 11 is 0. The van der Waals surface area contributed by atoms with E-state index in [0.29, 0.717) is 17.7 Å². The van der Waals surface area contributed by atoms with Crippen LogP contribution in [0, 0.1) is 23.2 Å². The summed E-state index contributed by atoms with van der Waals surface area (Å²) in [6.07, 6.45) is 0.437. The molecule has 0 radical (unpaired) electrons. The van der Waals surface area contributed by atoms with Gasteiger partial charge in [0.05, 0.1) is 12.2 Å². The second-order valence-corrected chi connectivity index (χ2v) is 2.69. The molecule has 0 atom stereocenters. The van der Waals surface area contributed by atoms with Crippen LogP contribution >= 0.6 is 0 Å². The lowest BCUT2D eigenvalue weighted by Crippen LogP contribution is -1.90. The zero-order chi connectivity index (χ0) is 10.4. The Morgan fingerprint density at radius 1 is 1.43 bits per heavy atom. The Morgan fingerprint density at radius 2 is 2.21 bits per heavy atom. The van der Waals surface area contributed by atoms with E-state index in [1.54, 1.807) is 18.2 Å². The van der Waals surface area contributed by atoms with Crippen LogP contribution in [0.25, 0.3) is 0 Å². The molecule has 70 valence electrons. The Balaban J connectivity index is 2.93. The molecule has 3 nitrogen and oxygen atoms in total. The van der Waals surface area contributed by atoms with Gasteiger partial charge in [0.15, 0.2) is 0 Å². The molecule has 1 aromatic rings. The first-order valence-corrected chi connectivity index (χ1v) is 4.17.